The second kappa shape index (κ2) is 7.37. The molecule has 2 fully saturated rings. The highest BCUT2D eigenvalue weighted by Gasteiger charge is 2.36. The summed E-state index contributed by atoms with van der Waals surface area (Å²) in [6.45, 7) is 3.77. The van der Waals surface area contributed by atoms with Crippen LogP contribution in [0.5, 0.6) is 0 Å². The molecule has 1 unspecified atom stereocenters. The van der Waals surface area contributed by atoms with Gasteiger partial charge in [-0.3, -0.25) is 14.7 Å². The van der Waals surface area contributed by atoms with E-state index < -0.39 is 0 Å². The molecule has 7 heteroatoms. The third-order valence-corrected chi connectivity index (χ3v) is 5.18. The van der Waals surface area contributed by atoms with Crippen molar-refractivity contribution in [3.05, 3.63) is 48.7 Å². The number of piperazine rings is 1. The lowest BCUT2D eigenvalue weighted by Crippen LogP contribution is -2.58. The monoisotopic (exact) mass is 355 g/mol. The van der Waals surface area contributed by atoms with Crippen LogP contribution in [0.2, 0.25) is 0 Å². The maximum Gasteiger partial charge on any atom is 0.244 e. The van der Waals surface area contributed by atoms with Crippen LogP contribution in [0.15, 0.2) is 42.9 Å². The zero-order valence-corrected chi connectivity index (χ0v) is 14.6. The minimum atomic E-state index is -0.339. The van der Waals surface area contributed by atoms with Crippen molar-refractivity contribution in [3.8, 4) is 0 Å². The first-order valence-corrected chi connectivity index (χ1v) is 9.05. The predicted molar refractivity (Wildman–Crippen MR) is 97.6 cm³/mol. The Balaban J connectivity index is 1.44. The number of aromatic nitrogens is 2. The molecule has 0 saturated carbocycles. The highest BCUT2D eigenvalue weighted by Crippen LogP contribution is 2.26. The van der Waals surface area contributed by atoms with Crippen molar-refractivity contribution in [2.24, 2.45) is 0 Å². The summed E-state index contributed by atoms with van der Waals surface area (Å²) in [5, 5.41) is 0. The summed E-state index contributed by atoms with van der Waals surface area (Å²) in [6, 6.07) is 6.34. The molecule has 6 nitrogen and oxygen atoms in total. The van der Waals surface area contributed by atoms with Gasteiger partial charge in [0.1, 0.15) is 11.6 Å². The maximum atomic E-state index is 14.1. The molecule has 0 bridgehead atoms. The molecule has 1 aromatic carbocycles. The molecule has 26 heavy (non-hydrogen) atoms. The molecule has 0 spiro atoms. The SMILES string of the molecule is O=C1C(N2CCN(c3cnccn3)CC2)CCCN1c1ccccc1F. The third-order valence-electron chi connectivity index (χ3n) is 5.18. The zero-order valence-electron chi connectivity index (χ0n) is 14.6. The van der Waals surface area contributed by atoms with E-state index in [1.54, 1.807) is 41.7 Å². The molecule has 136 valence electrons. The molecule has 1 amide bonds. The Labute approximate surface area is 152 Å². The lowest BCUT2D eigenvalue weighted by molar-refractivity contribution is -0.125. The first kappa shape index (κ1) is 16.9. The van der Waals surface area contributed by atoms with Crippen LogP contribution in [0.1, 0.15) is 12.8 Å². The third kappa shape index (κ3) is 3.26. The summed E-state index contributed by atoms with van der Waals surface area (Å²) in [4.78, 5) is 27.5. The second-order valence-corrected chi connectivity index (χ2v) is 6.69. The normalized spacial score (nSPS) is 21.9. The molecule has 1 aromatic heterocycles. The molecule has 0 aliphatic carbocycles. The Kier molecular flexibility index (Phi) is 4.79. The van der Waals surface area contributed by atoms with E-state index in [0.29, 0.717) is 12.2 Å². The van der Waals surface area contributed by atoms with E-state index in [9.17, 15) is 9.18 Å². The van der Waals surface area contributed by atoms with E-state index in [2.05, 4.69) is 19.8 Å². The highest BCUT2D eigenvalue weighted by atomic mass is 19.1. The topological polar surface area (TPSA) is 52.6 Å². The van der Waals surface area contributed by atoms with Gasteiger partial charge in [-0.05, 0) is 25.0 Å². The fraction of sp³-hybridized carbons (Fsp3) is 0.421. The Hall–Kier alpha value is -2.54. The van der Waals surface area contributed by atoms with Crippen molar-refractivity contribution < 1.29 is 9.18 Å². The molecule has 3 heterocycles. The van der Waals surface area contributed by atoms with E-state index in [4.69, 9.17) is 0 Å². The van der Waals surface area contributed by atoms with E-state index in [0.717, 1.165) is 44.8 Å². The number of anilines is 2. The Morgan fingerprint density at radius 2 is 1.85 bits per heavy atom. The summed E-state index contributed by atoms with van der Waals surface area (Å²) >= 11 is 0. The Bertz CT molecular complexity index is 764. The van der Waals surface area contributed by atoms with E-state index in [1.165, 1.54) is 6.07 Å². The summed E-state index contributed by atoms with van der Waals surface area (Å²) in [5.41, 5.74) is 0.389. The number of benzene rings is 1. The number of hydrogen-bond donors (Lipinski definition) is 0. The van der Waals surface area contributed by atoms with Gasteiger partial charge in [-0.1, -0.05) is 12.1 Å². The molecule has 2 saturated heterocycles. The maximum absolute atomic E-state index is 14.1. The molecule has 2 aliphatic rings. The standard InChI is InChI=1S/C19H22FN5O/c20-15-4-1-2-5-16(15)25-9-3-6-17(19(25)26)23-10-12-24(13-11-23)18-14-21-7-8-22-18/h1-2,4-5,7-8,14,17H,3,6,9-13H2. The zero-order chi connectivity index (χ0) is 17.9. The molecule has 0 N–H and O–H groups in total. The minimum absolute atomic E-state index is 0.00861. The Morgan fingerprint density at radius 3 is 2.58 bits per heavy atom. The van der Waals surface area contributed by atoms with Crippen LogP contribution in [0.3, 0.4) is 0 Å². The van der Waals surface area contributed by atoms with Crippen LogP contribution in [-0.2, 0) is 4.79 Å². The smallest absolute Gasteiger partial charge is 0.244 e. The average Bonchev–Trinajstić information content (AvgIpc) is 2.70. The van der Waals surface area contributed by atoms with Crippen LogP contribution >= 0.6 is 0 Å². The van der Waals surface area contributed by atoms with Crippen molar-refractivity contribution in [1.29, 1.82) is 0 Å². The summed E-state index contributed by atoms with van der Waals surface area (Å²) < 4.78 is 14.1. The number of nitrogens with zero attached hydrogens (tertiary/aromatic N) is 5. The van der Waals surface area contributed by atoms with Crippen molar-refractivity contribution >= 4 is 17.4 Å². The largest absolute Gasteiger partial charge is 0.353 e. The van der Waals surface area contributed by atoms with Gasteiger partial charge in [-0.25, -0.2) is 9.37 Å². The van der Waals surface area contributed by atoms with Gasteiger partial charge in [0.2, 0.25) is 5.91 Å². The fourth-order valence-electron chi connectivity index (χ4n) is 3.82. The van der Waals surface area contributed by atoms with Gasteiger partial charge in [-0.2, -0.15) is 0 Å². The number of rotatable bonds is 3. The lowest BCUT2D eigenvalue weighted by Gasteiger charge is -2.42. The Morgan fingerprint density at radius 1 is 1.04 bits per heavy atom. The van der Waals surface area contributed by atoms with Gasteiger partial charge in [0.05, 0.1) is 17.9 Å². The van der Waals surface area contributed by atoms with Gasteiger partial charge in [0.25, 0.3) is 0 Å². The summed E-state index contributed by atoms with van der Waals surface area (Å²) in [5.74, 6) is 0.540. The first-order valence-electron chi connectivity index (χ1n) is 9.05. The number of amides is 1. The van der Waals surface area contributed by atoms with Gasteiger partial charge in [0.15, 0.2) is 0 Å². The molecule has 0 radical (unpaired) electrons. The average molecular weight is 355 g/mol. The minimum Gasteiger partial charge on any atom is -0.353 e. The molecule has 2 aromatic rings. The van der Waals surface area contributed by atoms with Gasteiger partial charge in [-0.15, -0.1) is 0 Å². The molecular formula is C19H22FN5O. The fourth-order valence-corrected chi connectivity index (χ4v) is 3.82. The van der Waals surface area contributed by atoms with E-state index in [1.807, 2.05) is 0 Å². The van der Waals surface area contributed by atoms with Gasteiger partial charge < -0.3 is 9.80 Å². The predicted octanol–water partition coefficient (Wildman–Crippen LogP) is 1.93. The van der Waals surface area contributed by atoms with Crippen LogP contribution in [0, 0.1) is 5.82 Å². The van der Waals surface area contributed by atoms with Crippen LogP contribution in [0.4, 0.5) is 15.9 Å². The molecule has 2 aliphatic heterocycles. The first-order chi connectivity index (χ1) is 12.7. The van der Waals surface area contributed by atoms with Gasteiger partial charge in [0, 0.05) is 45.1 Å². The molecular weight excluding hydrogens is 333 g/mol. The van der Waals surface area contributed by atoms with Crippen LogP contribution in [0.25, 0.3) is 0 Å². The summed E-state index contributed by atoms with van der Waals surface area (Å²) in [7, 11) is 0. The van der Waals surface area contributed by atoms with Crippen LogP contribution < -0.4 is 9.80 Å². The van der Waals surface area contributed by atoms with Crippen molar-refractivity contribution in [1.82, 2.24) is 14.9 Å². The molecule has 1 atom stereocenters. The van der Waals surface area contributed by atoms with Crippen molar-refractivity contribution in [3.63, 3.8) is 0 Å². The van der Waals surface area contributed by atoms with E-state index in [-0.39, 0.29) is 17.8 Å². The number of para-hydroxylation sites is 1. The number of hydrogen-bond acceptors (Lipinski definition) is 5. The van der Waals surface area contributed by atoms with E-state index >= 15 is 0 Å². The summed E-state index contributed by atoms with van der Waals surface area (Å²) in [6.07, 6.45) is 6.84. The van der Waals surface area contributed by atoms with Crippen molar-refractivity contribution in [2.75, 3.05) is 42.5 Å². The second-order valence-electron chi connectivity index (χ2n) is 6.69. The molecule has 4 rings (SSSR count). The highest BCUT2D eigenvalue weighted by molar-refractivity contribution is 5.98. The van der Waals surface area contributed by atoms with Crippen molar-refractivity contribution in [2.45, 2.75) is 18.9 Å². The number of halogens is 1. The number of piperidine rings is 1. The number of carbonyl (C=O) groups is 1. The van der Waals surface area contributed by atoms with Crippen LogP contribution in [-0.4, -0.2) is 59.5 Å². The quantitative estimate of drug-likeness (QED) is 0.842. The lowest BCUT2D eigenvalue weighted by atomic mass is 10.0. The number of carbonyl (C=O) groups excluding carboxylic acids is 1. The van der Waals surface area contributed by atoms with Gasteiger partial charge >= 0.3 is 0 Å².